The van der Waals surface area contributed by atoms with E-state index in [-0.39, 0.29) is 5.91 Å². The van der Waals surface area contributed by atoms with E-state index >= 15 is 0 Å². The molecule has 1 aliphatic heterocycles. The summed E-state index contributed by atoms with van der Waals surface area (Å²) in [6.45, 7) is 5.65. The summed E-state index contributed by atoms with van der Waals surface area (Å²) in [6, 6.07) is 17.8. The lowest BCUT2D eigenvalue weighted by molar-refractivity contribution is 0.102. The number of hydrogen-bond donors (Lipinski definition) is 2. The molecule has 0 saturated carbocycles. The number of amides is 1. The Labute approximate surface area is 192 Å². The fourth-order valence-electron chi connectivity index (χ4n) is 4.20. The third-order valence-electron chi connectivity index (χ3n) is 6.04. The van der Waals surface area contributed by atoms with Crippen molar-refractivity contribution in [1.82, 2.24) is 15.0 Å². The molecule has 0 bridgehead atoms. The predicted molar refractivity (Wildman–Crippen MR) is 131 cm³/mol. The van der Waals surface area contributed by atoms with Gasteiger partial charge in [-0.2, -0.15) is 0 Å². The van der Waals surface area contributed by atoms with Gasteiger partial charge in [0.05, 0.1) is 5.69 Å². The summed E-state index contributed by atoms with van der Waals surface area (Å²) in [5, 5.41) is 4.97. The van der Waals surface area contributed by atoms with Gasteiger partial charge in [-0.05, 0) is 35.1 Å². The fraction of sp³-hybridized carbons (Fsp3) is 0.231. The van der Waals surface area contributed by atoms with Crippen LogP contribution in [0.15, 0.2) is 60.8 Å². The van der Waals surface area contributed by atoms with Crippen molar-refractivity contribution in [2.75, 3.05) is 22.5 Å². The van der Waals surface area contributed by atoms with Gasteiger partial charge in [-0.1, -0.05) is 50.2 Å². The molecule has 3 heterocycles. The van der Waals surface area contributed by atoms with Crippen LogP contribution in [0.25, 0.3) is 10.8 Å². The van der Waals surface area contributed by atoms with Crippen molar-refractivity contribution in [3.8, 4) is 0 Å². The van der Waals surface area contributed by atoms with Crippen molar-refractivity contribution < 1.29 is 4.79 Å². The Kier molecular flexibility index (Phi) is 5.38. The van der Waals surface area contributed by atoms with Gasteiger partial charge < -0.3 is 16.0 Å². The van der Waals surface area contributed by atoms with Gasteiger partial charge >= 0.3 is 0 Å². The number of rotatable bonds is 4. The van der Waals surface area contributed by atoms with E-state index in [9.17, 15) is 4.79 Å². The summed E-state index contributed by atoms with van der Waals surface area (Å²) < 4.78 is 0. The molecule has 0 unspecified atom stereocenters. The minimum Gasteiger partial charge on any atom is -0.368 e. The number of nitrogens with one attached hydrogen (secondary N) is 1. The SMILES string of the molecule is CC(C)c1ccc(NC(=O)c2cc3ccccc3c(N3CCc4nc(N)ncc4C3)n2)cc1. The molecule has 7 nitrogen and oxygen atoms in total. The number of pyridine rings is 1. The van der Waals surface area contributed by atoms with Crippen molar-refractivity contribution in [3.63, 3.8) is 0 Å². The lowest BCUT2D eigenvalue weighted by Crippen LogP contribution is -2.32. The second-order valence-electron chi connectivity index (χ2n) is 8.65. The van der Waals surface area contributed by atoms with Crippen LogP contribution in [-0.2, 0) is 13.0 Å². The van der Waals surface area contributed by atoms with E-state index in [2.05, 4.69) is 34.0 Å². The Morgan fingerprint density at radius 3 is 2.67 bits per heavy atom. The highest BCUT2D eigenvalue weighted by atomic mass is 16.1. The van der Waals surface area contributed by atoms with Crippen molar-refractivity contribution >= 4 is 34.1 Å². The third-order valence-corrected chi connectivity index (χ3v) is 6.04. The molecule has 2 aromatic carbocycles. The Morgan fingerprint density at radius 2 is 1.88 bits per heavy atom. The Hall–Kier alpha value is -4.00. The largest absolute Gasteiger partial charge is 0.368 e. The minimum absolute atomic E-state index is 0.229. The zero-order chi connectivity index (χ0) is 22.9. The fourth-order valence-corrected chi connectivity index (χ4v) is 4.20. The normalized spacial score (nSPS) is 13.2. The van der Waals surface area contributed by atoms with Crippen molar-refractivity contribution in [1.29, 1.82) is 0 Å². The number of anilines is 3. The number of carbonyl (C=O) groups is 1. The third kappa shape index (κ3) is 4.22. The minimum atomic E-state index is -0.229. The Balaban J connectivity index is 1.47. The molecular weight excluding hydrogens is 412 g/mol. The van der Waals surface area contributed by atoms with Crippen LogP contribution in [0.3, 0.4) is 0 Å². The van der Waals surface area contributed by atoms with Crippen LogP contribution in [0.4, 0.5) is 17.5 Å². The Morgan fingerprint density at radius 1 is 1.09 bits per heavy atom. The zero-order valence-electron chi connectivity index (χ0n) is 18.7. The molecule has 0 saturated heterocycles. The maximum absolute atomic E-state index is 13.1. The molecule has 0 fully saturated rings. The Bertz CT molecular complexity index is 1330. The molecule has 0 aliphatic carbocycles. The number of nitrogens with two attached hydrogens (primary N) is 1. The number of nitrogen functional groups attached to an aromatic ring is 1. The molecule has 5 rings (SSSR count). The summed E-state index contributed by atoms with van der Waals surface area (Å²) in [6.07, 6.45) is 2.53. The van der Waals surface area contributed by atoms with Crippen molar-refractivity contribution in [2.45, 2.75) is 32.7 Å². The lowest BCUT2D eigenvalue weighted by atomic mass is 10.0. The van der Waals surface area contributed by atoms with Crippen LogP contribution in [0.5, 0.6) is 0 Å². The van der Waals surface area contributed by atoms with Gasteiger partial charge in [0.25, 0.3) is 5.91 Å². The average Bonchev–Trinajstić information content (AvgIpc) is 2.83. The highest BCUT2D eigenvalue weighted by Crippen LogP contribution is 2.30. The maximum atomic E-state index is 13.1. The maximum Gasteiger partial charge on any atom is 0.274 e. The van der Waals surface area contributed by atoms with Crippen LogP contribution >= 0.6 is 0 Å². The molecule has 0 atom stereocenters. The van der Waals surface area contributed by atoms with Crippen LogP contribution in [0.1, 0.15) is 47.1 Å². The summed E-state index contributed by atoms with van der Waals surface area (Å²) in [5.41, 5.74) is 10.1. The molecule has 4 aromatic rings. The second kappa shape index (κ2) is 8.50. The summed E-state index contributed by atoms with van der Waals surface area (Å²) >= 11 is 0. The molecule has 166 valence electrons. The number of aromatic nitrogens is 3. The predicted octanol–water partition coefficient (Wildman–Crippen LogP) is 4.55. The first-order chi connectivity index (χ1) is 16.0. The van der Waals surface area contributed by atoms with E-state index < -0.39 is 0 Å². The van der Waals surface area contributed by atoms with E-state index in [1.165, 1.54) is 5.56 Å². The molecular formula is C26H26N6O. The zero-order valence-corrected chi connectivity index (χ0v) is 18.7. The summed E-state index contributed by atoms with van der Waals surface area (Å²) in [4.78, 5) is 28.6. The van der Waals surface area contributed by atoms with E-state index in [1.807, 2.05) is 54.6 Å². The van der Waals surface area contributed by atoms with Crippen LogP contribution in [-0.4, -0.2) is 27.4 Å². The molecule has 2 aromatic heterocycles. The van der Waals surface area contributed by atoms with Gasteiger partial charge in [0.15, 0.2) is 0 Å². The first-order valence-electron chi connectivity index (χ1n) is 11.1. The molecule has 0 radical (unpaired) electrons. The summed E-state index contributed by atoms with van der Waals surface area (Å²) in [7, 11) is 0. The van der Waals surface area contributed by atoms with Gasteiger partial charge in [0.1, 0.15) is 11.5 Å². The van der Waals surface area contributed by atoms with Crippen molar-refractivity contribution in [2.24, 2.45) is 0 Å². The van der Waals surface area contributed by atoms with Gasteiger partial charge in [0.2, 0.25) is 5.95 Å². The molecule has 0 spiro atoms. The smallest absolute Gasteiger partial charge is 0.274 e. The first-order valence-corrected chi connectivity index (χ1v) is 11.1. The first kappa shape index (κ1) is 20.9. The molecule has 1 amide bonds. The van der Waals surface area contributed by atoms with Crippen LogP contribution in [0, 0.1) is 0 Å². The number of carbonyl (C=O) groups excluding carboxylic acids is 1. The average molecular weight is 439 g/mol. The molecule has 7 heteroatoms. The van der Waals surface area contributed by atoms with Crippen LogP contribution in [0.2, 0.25) is 0 Å². The molecule has 1 aliphatic rings. The number of fused-ring (bicyclic) bond motifs is 2. The lowest BCUT2D eigenvalue weighted by Gasteiger charge is -2.30. The van der Waals surface area contributed by atoms with Gasteiger partial charge in [-0.25, -0.2) is 15.0 Å². The van der Waals surface area contributed by atoms with Gasteiger partial charge in [-0.3, -0.25) is 4.79 Å². The van der Waals surface area contributed by atoms with E-state index in [4.69, 9.17) is 10.7 Å². The standard InChI is InChI=1S/C26H26N6O/c1-16(2)17-7-9-20(10-8-17)29-25(33)23-13-18-5-3-4-6-21(18)24(30-23)32-12-11-22-19(15-32)14-28-26(27)31-22/h3-10,13-14,16H,11-12,15H2,1-2H3,(H,29,33)(H2,27,28,31). The van der Waals surface area contributed by atoms with Gasteiger partial charge in [-0.15, -0.1) is 0 Å². The number of hydrogen-bond acceptors (Lipinski definition) is 6. The molecule has 3 N–H and O–H groups in total. The van der Waals surface area contributed by atoms with Gasteiger partial charge in [0, 0.05) is 42.3 Å². The monoisotopic (exact) mass is 438 g/mol. The molecule has 33 heavy (non-hydrogen) atoms. The highest BCUT2D eigenvalue weighted by molar-refractivity contribution is 6.06. The number of benzene rings is 2. The number of nitrogens with zero attached hydrogens (tertiary/aromatic N) is 4. The highest BCUT2D eigenvalue weighted by Gasteiger charge is 2.22. The van der Waals surface area contributed by atoms with E-state index in [1.54, 1.807) is 6.20 Å². The van der Waals surface area contributed by atoms with Crippen LogP contribution < -0.4 is 16.0 Å². The van der Waals surface area contributed by atoms with E-state index in [0.29, 0.717) is 24.1 Å². The van der Waals surface area contributed by atoms with Crippen molar-refractivity contribution in [3.05, 3.63) is 83.3 Å². The topological polar surface area (TPSA) is 97.0 Å². The summed E-state index contributed by atoms with van der Waals surface area (Å²) in [5.74, 6) is 1.30. The second-order valence-corrected chi connectivity index (χ2v) is 8.65. The quantitative estimate of drug-likeness (QED) is 0.485. The van der Waals surface area contributed by atoms with E-state index in [0.717, 1.165) is 46.5 Å².